The third kappa shape index (κ3) is 3.09. The van der Waals surface area contributed by atoms with Gasteiger partial charge in [0.15, 0.2) is 34.9 Å². The summed E-state index contributed by atoms with van der Waals surface area (Å²) in [5.74, 6) is -10.2. The molecule has 0 amide bonds. The van der Waals surface area contributed by atoms with Crippen molar-refractivity contribution in [2.45, 2.75) is 0 Å². The Kier molecular flexibility index (Phi) is 4.24. The SMILES string of the molecule is Fc1cc(-c2cc(F)c(F)c(F)c2)ccc1-c1cc(F)c(F)c(F)c1. The first-order valence-electron chi connectivity index (χ1n) is 6.87. The molecule has 0 nitrogen and oxygen atoms in total. The molecule has 0 saturated heterocycles. The van der Waals surface area contributed by atoms with Crippen LogP contribution in [0, 0.1) is 40.7 Å². The van der Waals surface area contributed by atoms with Crippen LogP contribution in [0.4, 0.5) is 30.7 Å². The molecule has 0 aliphatic rings. The van der Waals surface area contributed by atoms with Gasteiger partial charge in [0, 0.05) is 5.56 Å². The van der Waals surface area contributed by atoms with Gasteiger partial charge in [-0.25, -0.2) is 30.7 Å². The molecule has 0 fully saturated rings. The van der Waals surface area contributed by atoms with Crippen molar-refractivity contribution in [3.05, 3.63) is 83.2 Å². The predicted molar refractivity (Wildman–Crippen MR) is 77.0 cm³/mol. The lowest BCUT2D eigenvalue weighted by Crippen LogP contribution is -1.95. The van der Waals surface area contributed by atoms with Crippen LogP contribution in [0.15, 0.2) is 42.5 Å². The Hall–Kier alpha value is -2.83. The summed E-state index contributed by atoms with van der Waals surface area (Å²) in [5, 5.41) is 0. The average Bonchev–Trinajstić information content (AvgIpc) is 2.56. The molecule has 25 heavy (non-hydrogen) atoms. The highest BCUT2D eigenvalue weighted by Gasteiger charge is 2.16. The van der Waals surface area contributed by atoms with Crippen LogP contribution in [0.25, 0.3) is 22.3 Å². The first kappa shape index (κ1) is 17.0. The van der Waals surface area contributed by atoms with Crippen molar-refractivity contribution in [2.75, 3.05) is 0 Å². The highest BCUT2D eigenvalue weighted by atomic mass is 19.2. The molecule has 0 N–H and O–H groups in total. The highest BCUT2D eigenvalue weighted by Crippen LogP contribution is 2.31. The monoisotopic (exact) mass is 356 g/mol. The van der Waals surface area contributed by atoms with E-state index in [1.165, 1.54) is 6.07 Å². The van der Waals surface area contributed by atoms with Crippen molar-refractivity contribution >= 4 is 0 Å². The average molecular weight is 356 g/mol. The summed E-state index contributed by atoms with van der Waals surface area (Å²) >= 11 is 0. The lowest BCUT2D eigenvalue weighted by molar-refractivity contribution is 0.447. The van der Waals surface area contributed by atoms with Gasteiger partial charge in [-0.2, -0.15) is 0 Å². The first-order valence-corrected chi connectivity index (χ1v) is 6.87. The van der Waals surface area contributed by atoms with Gasteiger partial charge in [0.1, 0.15) is 5.82 Å². The van der Waals surface area contributed by atoms with Crippen molar-refractivity contribution in [1.29, 1.82) is 0 Å². The van der Waals surface area contributed by atoms with E-state index in [1.807, 2.05) is 0 Å². The van der Waals surface area contributed by atoms with Crippen molar-refractivity contribution in [3.8, 4) is 22.3 Å². The molecular weight excluding hydrogens is 349 g/mol. The van der Waals surface area contributed by atoms with Gasteiger partial charge in [-0.1, -0.05) is 12.1 Å². The normalized spacial score (nSPS) is 11.0. The van der Waals surface area contributed by atoms with Crippen molar-refractivity contribution in [1.82, 2.24) is 0 Å². The molecule has 0 radical (unpaired) electrons. The summed E-state index contributed by atoms with van der Waals surface area (Å²) < 4.78 is 93.3. The summed E-state index contributed by atoms with van der Waals surface area (Å²) in [5.41, 5.74) is -0.609. The molecule has 0 aliphatic heterocycles. The van der Waals surface area contributed by atoms with Crippen LogP contribution >= 0.6 is 0 Å². The smallest absolute Gasteiger partial charge is 0.194 e. The van der Waals surface area contributed by atoms with Crippen LogP contribution in [0.1, 0.15) is 0 Å². The van der Waals surface area contributed by atoms with E-state index >= 15 is 0 Å². The van der Waals surface area contributed by atoms with Gasteiger partial charge in [-0.3, -0.25) is 0 Å². The Morgan fingerprint density at radius 3 is 1.24 bits per heavy atom. The fourth-order valence-corrected chi connectivity index (χ4v) is 2.36. The standard InChI is InChI=1S/C18H7F7/c19-12-3-8(9-4-13(20)17(24)14(21)5-9)1-2-11(12)10-6-15(22)18(25)16(23)7-10/h1-7H. The van der Waals surface area contributed by atoms with Crippen LogP contribution in [-0.4, -0.2) is 0 Å². The largest absolute Gasteiger partial charge is 0.206 e. The van der Waals surface area contributed by atoms with Crippen molar-refractivity contribution in [3.63, 3.8) is 0 Å². The molecule has 7 heteroatoms. The molecule has 0 atom stereocenters. The second kappa shape index (κ2) is 6.23. The maximum Gasteiger partial charge on any atom is 0.194 e. The molecule has 0 spiro atoms. The third-order valence-corrected chi connectivity index (χ3v) is 3.58. The third-order valence-electron chi connectivity index (χ3n) is 3.58. The molecule has 3 rings (SSSR count). The van der Waals surface area contributed by atoms with Crippen molar-refractivity contribution < 1.29 is 30.7 Å². The molecule has 0 heterocycles. The van der Waals surface area contributed by atoms with E-state index in [-0.39, 0.29) is 22.3 Å². The zero-order chi connectivity index (χ0) is 18.3. The minimum absolute atomic E-state index is 0.0158. The van der Waals surface area contributed by atoms with E-state index in [0.29, 0.717) is 24.3 Å². The minimum atomic E-state index is -1.68. The maximum atomic E-state index is 14.3. The second-order valence-electron chi connectivity index (χ2n) is 5.20. The topological polar surface area (TPSA) is 0 Å². The quantitative estimate of drug-likeness (QED) is 0.391. The summed E-state index contributed by atoms with van der Waals surface area (Å²) in [4.78, 5) is 0. The zero-order valence-electron chi connectivity index (χ0n) is 12.2. The lowest BCUT2D eigenvalue weighted by Gasteiger charge is -2.09. The van der Waals surface area contributed by atoms with E-state index < -0.39 is 40.7 Å². The predicted octanol–water partition coefficient (Wildman–Crippen LogP) is 5.99. The van der Waals surface area contributed by atoms with Gasteiger partial charge in [-0.05, 0) is 47.0 Å². The Bertz CT molecular complexity index is 933. The Morgan fingerprint density at radius 1 is 0.400 bits per heavy atom. The minimum Gasteiger partial charge on any atom is -0.206 e. The van der Waals surface area contributed by atoms with Gasteiger partial charge in [0.05, 0.1) is 0 Å². The fraction of sp³-hybridized carbons (Fsp3) is 0. The Morgan fingerprint density at radius 2 is 0.800 bits per heavy atom. The van der Waals surface area contributed by atoms with Gasteiger partial charge in [0.2, 0.25) is 0 Å². The van der Waals surface area contributed by atoms with Gasteiger partial charge in [-0.15, -0.1) is 0 Å². The molecule has 0 bridgehead atoms. The van der Waals surface area contributed by atoms with Crippen LogP contribution in [0.3, 0.4) is 0 Å². The molecule has 0 saturated carbocycles. The molecule has 3 aromatic rings. The zero-order valence-corrected chi connectivity index (χ0v) is 12.2. The molecular formula is C18H7F7. The van der Waals surface area contributed by atoms with Crippen LogP contribution < -0.4 is 0 Å². The number of hydrogen-bond donors (Lipinski definition) is 0. The van der Waals surface area contributed by atoms with Crippen LogP contribution in [0.2, 0.25) is 0 Å². The summed E-state index contributed by atoms with van der Waals surface area (Å²) in [7, 11) is 0. The van der Waals surface area contributed by atoms with E-state index in [2.05, 4.69) is 0 Å². The lowest BCUT2D eigenvalue weighted by atomic mass is 9.99. The van der Waals surface area contributed by atoms with Crippen molar-refractivity contribution in [2.24, 2.45) is 0 Å². The molecule has 0 unspecified atom stereocenters. The number of halogens is 7. The van der Waals surface area contributed by atoms with E-state index in [1.54, 1.807) is 0 Å². The fourth-order valence-electron chi connectivity index (χ4n) is 2.36. The van der Waals surface area contributed by atoms with Crippen LogP contribution in [0.5, 0.6) is 0 Å². The second-order valence-corrected chi connectivity index (χ2v) is 5.20. The molecule has 128 valence electrons. The van der Waals surface area contributed by atoms with E-state index in [0.717, 1.165) is 12.1 Å². The molecule has 3 aromatic carbocycles. The van der Waals surface area contributed by atoms with Gasteiger partial charge >= 0.3 is 0 Å². The van der Waals surface area contributed by atoms with E-state index in [9.17, 15) is 30.7 Å². The van der Waals surface area contributed by atoms with Gasteiger partial charge < -0.3 is 0 Å². The van der Waals surface area contributed by atoms with Gasteiger partial charge in [0.25, 0.3) is 0 Å². The van der Waals surface area contributed by atoms with Crippen LogP contribution in [-0.2, 0) is 0 Å². The number of rotatable bonds is 2. The number of hydrogen-bond acceptors (Lipinski definition) is 0. The van der Waals surface area contributed by atoms with E-state index in [4.69, 9.17) is 0 Å². The highest BCUT2D eigenvalue weighted by molar-refractivity contribution is 5.71. The first-order chi connectivity index (χ1) is 11.8. The maximum absolute atomic E-state index is 14.3. The molecule has 0 aromatic heterocycles. The number of benzene rings is 3. The molecule has 0 aliphatic carbocycles. The summed E-state index contributed by atoms with van der Waals surface area (Å²) in [6, 6.07) is 5.80. The summed E-state index contributed by atoms with van der Waals surface area (Å²) in [6.07, 6.45) is 0. The summed E-state index contributed by atoms with van der Waals surface area (Å²) in [6.45, 7) is 0. The Labute approximate surface area is 137 Å². The Balaban J connectivity index is 2.08.